The highest BCUT2D eigenvalue weighted by Gasteiger charge is 2.62. The lowest BCUT2D eigenvalue weighted by atomic mass is 9.44. The number of benzene rings is 1. The molecule has 10 atom stereocenters. The van der Waals surface area contributed by atoms with E-state index >= 15 is 0 Å². The van der Waals surface area contributed by atoms with Gasteiger partial charge < -0.3 is 10.2 Å². The van der Waals surface area contributed by atoms with Gasteiger partial charge in [-0.2, -0.15) is 0 Å². The number of fused-ring (bicyclic) bond motifs is 5. The minimum atomic E-state index is -0.215. The number of allylic oxidation sites excluding steroid dienone is 1. The maximum atomic E-state index is 11.2. The molecule has 4 saturated carbocycles. The van der Waals surface area contributed by atoms with Crippen LogP contribution in [0.5, 0.6) is 0 Å². The molecule has 0 radical (unpaired) electrons. The number of hydrogen-bond acceptors (Lipinski definition) is 2. The summed E-state index contributed by atoms with van der Waals surface area (Å²) in [5.41, 5.74) is 1.98. The highest BCUT2D eigenvalue weighted by Crippen LogP contribution is 2.68. The Morgan fingerprint density at radius 1 is 0.909 bits per heavy atom. The summed E-state index contributed by atoms with van der Waals surface area (Å²) < 4.78 is 0. The smallest absolute Gasteiger partial charge is 0.0577 e. The number of aliphatic hydroxyl groups excluding tert-OH is 2. The van der Waals surface area contributed by atoms with E-state index in [1.807, 2.05) is 0 Å². The molecule has 0 aliphatic heterocycles. The van der Waals surface area contributed by atoms with E-state index in [1.54, 1.807) is 0 Å². The molecule has 5 rings (SSSR count). The van der Waals surface area contributed by atoms with Gasteiger partial charge in [0.15, 0.2) is 0 Å². The van der Waals surface area contributed by atoms with E-state index in [4.69, 9.17) is 0 Å². The van der Waals surface area contributed by atoms with Gasteiger partial charge >= 0.3 is 0 Å². The maximum absolute atomic E-state index is 11.2. The molecule has 0 heterocycles. The van der Waals surface area contributed by atoms with Gasteiger partial charge in [-0.05, 0) is 116 Å². The molecule has 0 amide bonds. The highest BCUT2D eigenvalue weighted by atomic mass is 16.3. The van der Waals surface area contributed by atoms with Gasteiger partial charge in [-0.3, -0.25) is 0 Å². The van der Waals surface area contributed by atoms with Crippen molar-refractivity contribution in [3.05, 3.63) is 42.0 Å². The Labute approximate surface area is 201 Å². The maximum Gasteiger partial charge on any atom is 0.0577 e. The van der Waals surface area contributed by atoms with Crippen molar-refractivity contribution in [1.29, 1.82) is 0 Å². The first-order valence-electron chi connectivity index (χ1n) is 13.9. The molecule has 33 heavy (non-hydrogen) atoms. The topological polar surface area (TPSA) is 40.5 Å². The number of hydrogen-bond donors (Lipinski definition) is 2. The van der Waals surface area contributed by atoms with Crippen molar-refractivity contribution in [1.82, 2.24) is 0 Å². The number of rotatable bonds is 5. The van der Waals surface area contributed by atoms with Gasteiger partial charge in [-0.15, -0.1) is 0 Å². The van der Waals surface area contributed by atoms with Crippen LogP contribution in [-0.2, 0) is 0 Å². The lowest BCUT2D eigenvalue weighted by molar-refractivity contribution is -0.172. The Morgan fingerprint density at radius 3 is 2.42 bits per heavy atom. The Bertz CT molecular complexity index is 833. The summed E-state index contributed by atoms with van der Waals surface area (Å²) in [6, 6.07) is 10.7. The summed E-state index contributed by atoms with van der Waals surface area (Å²) >= 11 is 0. The van der Waals surface area contributed by atoms with E-state index in [1.165, 1.54) is 44.1 Å². The second-order valence-corrected chi connectivity index (χ2v) is 12.8. The Kier molecular flexibility index (Phi) is 6.55. The van der Waals surface area contributed by atoms with Gasteiger partial charge in [0.1, 0.15) is 0 Å². The molecule has 4 aliphatic carbocycles. The lowest BCUT2D eigenvalue weighted by Gasteiger charge is -2.62. The zero-order valence-corrected chi connectivity index (χ0v) is 21.1. The second-order valence-electron chi connectivity index (χ2n) is 12.8. The third kappa shape index (κ3) is 4.14. The third-order valence-electron chi connectivity index (χ3n) is 11.3. The van der Waals surface area contributed by atoms with E-state index in [9.17, 15) is 10.2 Å². The van der Waals surface area contributed by atoms with Gasteiger partial charge in [0, 0.05) is 0 Å². The molecule has 0 bridgehead atoms. The van der Waals surface area contributed by atoms with Crippen molar-refractivity contribution >= 4 is 6.08 Å². The quantitative estimate of drug-likeness (QED) is 0.502. The first kappa shape index (κ1) is 23.6. The van der Waals surface area contributed by atoms with Crippen LogP contribution in [0.1, 0.15) is 90.5 Å². The van der Waals surface area contributed by atoms with Gasteiger partial charge in [-0.1, -0.05) is 63.3 Å². The van der Waals surface area contributed by atoms with Crippen LogP contribution in [0, 0.1) is 46.3 Å². The molecular formula is C31H46O2. The minimum Gasteiger partial charge on any atom is -0.393 e. The molecule has 4 aliphatic rings. The number of aliphatic hydroxyl groups is 2. The summed E-state index contributed by atoms with van der Waals surface area (Å²) in [6.07, 6.45) is 16.0. The predicted octanol–water partition coefficient (Wildman–Crippen LogP) is 7.11. The minimum absolute atomic E-state index is 0.198. The molecule has 1 aromatic carbocycles. The van der Waals surface area contributed by atoms with Gasteiger partial charge in [-0.25, -0.2) is 0 Å². The van der Waals surface area contributed by atoms with Crippen LogP contribution < -0.4 is 0 Å². The Hall–Kier alpha value is -1.12. The fourth-order valence-corrected chi connectivity index (χ4v) is 9.60. The monoisotopic (exact) mass is 450 g/mol. The summed E-state index contributed by atoms with van der Waals surface area (Å²) in [4.78, 5) is 0. The van der Waals surface area contributed by atoms with Gasteiger partial charge in [0.2, 0.25) is 0 Å². The standard InChI is InChI=1S/C31H46O2/c1-21(9-7-8-12-22-10-5-4-6-11-22)25-13-14-26-24-20-29(33)28-19-23(32)15-17-31(28,3)27(24)16-18-30(25,26)2/h4-6,8,10-12,21,23-29,32-33H,7,9,13-20H2,1-3H3/b12-8-/t21-,23-,24?,25-,26?,27?,28+,29+,30-,31-/m1/s1. The average molecular weight is 451 g/mol. The van der Waals surface area contributed by atoms with Crippen LogP contribution in [0.25, 0.3) is 6.08 Å². The summed E-state index contributed by atoms with van der Waals surface area (Å²) in [5, 5.41) is 21.5. The largest absolute Gasteiger partial charge is 0.393 e. The van der Waals surface area contributed by atoms with Crippen LogP contribution in [0.15, 0.2) is 36.4 Å². The lowest BCUT2D eigenvalue weighted by Crippen LogP contribution is -2.58. The van der Waals surface area contributed by atoms with Crippen LogP contribution in [0.4, 0.5) is 0 Å². The summed E-state index contributed by atoms with van der Waals surface area (Å²) in [5.74, 6) is 4.11. The van der Waals surface area contributed by atoms with E-state index in [-0.39, 0.29) is 17.6 Å². The molecule has 2 heteroatoms. The Morgan fingerprint density at radius 2 is 1.64 bits per heavy atom. The zero-order valence-electron chi connectivity index (χ0n) is 21.1. The van der Waals surface area contributed by atoms with Crippen LogP contribution in [0.3, 0.4) is 0 Å². The van der Waals surface area contributed by atoms with Gasteiger partial charge in [0.05, 0.1) is 12.2 Å². The van der Waals surface area contributed by atoms with Crippen molar-refractivity contribution in [2.45, 2.75) is 97.2 Å². The highest BCUT2D eigenvalue weighted by molar-refractivity contribution is 5.48. The Balaban J connectivity index is 1.26. The van der Waals surface area contributed by atoms with Crippen molar-refractivity contribution < 1.29 is 10.2 Å². The van der Waals surface area contributed by atoms with Gasteiger partial charge in [0.25, 0.3) is 0 Å². The van der Waals surface area contributed by atoms with E-state index in [0.717, 1.165) is 49.4 Å². The average Bonchev–Trinajstić information content (AvgIpc) is 3.16. The first-order chi connectivity index (χ1) is 15.8. The van der Waals surface area contributed by atoms with Crippen molar-refractivity contribution in [3.63, 3.8) is 0 Å². The summed E-state index contributed by atoms with van der Waals surface area (Å²) in [7, 11) is 0. The van der Waals surface area contributed by atoms with Crippen molar-refractivity contribution in [2.75, 3.05) is 0 Å². The molecular weight excluding hydrogens is 404 g/mol. The van der Waals surface area contributed by atoms with Crippen molar-refractivity contribution in [2.24, 2.45) is 46.3 Å². The van der Waals surface area contributed by atoms with Crippen LogP contribution >= 0.6 is 0 Å². The fraction of sp³-hybridized carbons (Fsp3) is 0.742. The molecule has 2 N–H and O–H groups in total. The molecule has 4 fully saturated rings. The zero-order chi connectivity index (χ0) is 23.2. The fourth-order valence-electron chi connectivity index (χ4n) is 9.60. The molecule has 3 unspecified atom stereocenters. The molecule has 0 aromatic heterocycles. The summed E-state index contributed by atoms with van der Waals surface area (Å²) in [6.45, 7) is 7.60. The predicted molar refractivity (Wildman–Crippen MR) is 136 cm³/mol. The van der Waals surface area contributed by atoms with Crippen LogP contribution in [0.2, 0.25) is 0 Å². The van der Waals surface area contributed by atoms with E-state index in [0.29, 0.717) is 17.3 Å². The molecule has 0 spiro atoms. The SMILES string of the molecule is C[C@H](CC/C=C\c1ccccc1)[C@H]1CCC2C3C[C@H](O)[C@@H]4C[C@H](O)CC[C@]4(C)C3CC[C@@]21C. The molecule has 182 valence electrons. The third-order valence-corrected chi connectivity index (χ3v) is 11.3. The molecule has 2 nitrogen and oxygen atoms in total. The molecule has 1 aromatic rings. The molecule has 0 saturated heterocycles. The van der Waals surface area contributed by atoms with E-state index < -0.39 is 0 Å². The van der Waals surface area contributed by atoms with Crippen molar-refractivity contribution in [3.8, 4) is 0 Å². The van der Waals surface area contributed by atoms with Crippen LogP contribution in [-0.4, -0.2) is 22.4 Å². The van der Waals surface area contributed by atoms with E-state index in [2.05, 4.69) is 63.3 Å². The second kappa shape index (κ2) is 9.15. The normalized spacial score (nSPS) is 45.9. The first-order valence-corrected chi connectivity index (χ1v) is 13.9.